The van der Waals surface area contributed by atoms with Gasteiger partial charge in [0.25, 0.3) is 0 Å². The van der Waals surface area contributed by atoms with Gasteiger partial charge in [-0.2, -0.15) is 0 Å². The lowest BCUT2D eigenvalue weighted by Gasteiger charge is -2.14. The van der Waals surface area contributed by atoms with Crippen molar-refractivity contribution >= 4 is 65.6 Å². The SMILES string of the molecule is c1ccc(-c2ccc(-c3nc(-c4cccc5c4nc(-c4ccccc4)c4ccc6oc7ccccc7c6c45)nc(-c4cccc5oc6ccccc6c45)n3)cc2)cc1. The van der Waals surface area contributed by atoms with Crippen LogP contribution in [0.3, 0.4) is 0 Å². The molecule has 0 spiro atoms. The average molecular weight is 743 g/mol. The standard InChI is InChI=1S/C52H30N4O2/c1-3-13-31(14-4-1)32-25-27-34(28-26-32)50-54-51(39-20-12-24-43-45(39)35-17-7-9-22-41(35)57-43)56-52(55-50)40-21-11-19-37-46-38(48(53-49(37)40)33-15-5-2-6-16-33)29-30-44-47(46)36-18-8-10-23-42(36)58-44/h1-30H. The Balaban J connectivity index is 1.16. The van der Waals surface area contributed by atoms with Crippen LogP contribution in [0.2, 0.25) is 0 Å². The molecule has 0 unspecified atom stereocenters. The van der Waals surface area contributed by atoms with Gasteiger partial charge in [-0.3, -0.25) is 0 Å². The number of benzene rings is 8. The first-order chi connectivity index (χ1) is 28.7. The number of pyridine rings is 1. The van der Waals surface area contributed by atoms with Crippen LogP contribution < -0.4 is 0 Å². The van der Waals surface area contributed by atoms with Crippen LogP contribution in [0, 0.1) is 0 Å². The van der Waals surface area contributed by atoms with Crippen LogP contribution in [-0.4, -0.2) is 19.9 Å². The maximum absolute atomic E-state index is 6.43. The molecule has 6 heteroatoms. The third kappa shape index (κ3) is 5.05. The molecule has 0 bridgehead atoms. The number of para-hydroxylation sites is 3. The molecule has 0 aliphatic heterocycles. The van der Waals surface area contributed by atoms with E-state index in [0.29, 0.717) is 17.5 Å². The molecule has 58 heavy (non-hydrogen) atoms. The highest BCUT2D eigenvalue weighted by molar-refractivity contribution is 6.29. The van der Waals surface area contributed by atoms with E-state index in [1.165, 1.54) is 0 Å². The van der Waals surface area contributed by atoms with Crippen molar-refractivity contribution in [2.45, 2.75) is 0 Å². The third-order valence-electron chi connectivity index (χ3n) is 11.1. The van der Waals surface area contributed by atoms with Crippen molar-refractivity contribution in [2.24, 2.45) is 0 Å². The molecule has 4 aromatic heterocycles. The highest BCUT2D eigenvalue weighted by atomic mass is 16.3. The Hall–Kier alpha value is -7.96. The van der Waals surface area contributed by atoms with Crippen LogP contribution in [0.25, 0.3) is 122 Å². The molecular weight excluding hydrogens is 713 g/mol. The highest BCUT2D eigenvalue weighted by Crippen LogP contribution is 2.43. The first kappa shape index (κ1) is 32.3. The summed E-state index contributed by atoms with van der Waals surface area (Å²) in [7, 11) is 0. The van der Waals surface area contributed by atoms with Gasteiger partial charge < -0.3 is 8.83 Å². The number of aromatic nitrogens is 4. The molecule has 0 aliphatic carbocycles. The minimum Gasteiger partial charge on any atom is -0.456 e. The van der Waals surface area contributed by atoms with E-state index in [1.54, 1.807) is 0 Å². The summed E-state index contributed by atoms with van der Waals surface area (Å²) >= 11 is 0. The van der Waals surface area contributed by atoms with Gasteiger partial charge in [-0.25, -0.2) is 19.9 Å². The summed E-state index contributed by atoms with van der Waals surface area (Å²) < 4.78 is 12.8. The summed E-state index contributed by atoms with van der Waals surface area (Å²) in [5.74, 6) is 1.64. The van der Waals surface area contributed by atoms with E-state index in [-0.39, 0.29) is 0 Å². The van der Waals surface area contributed by atoms with E-state index in [1.807, 2.05) is 54.6 Å². The summed E-state index contributed by atoms with van der Waals surface area (Å²) in [4.78, 5) is 21.3. The molecule has 12 rings (SSSR count). The molecule has 4 heterocycles. The number of nitrogens with zero attached hydrogens (tertiary/aromatic N) is 4. The Kier molecular flexibility index (Phi) is 7.13. The fraction of sp³-hybridized carbons (Fsp3) is 0. The van der Waals surface area contributed by atoms with Crippen molar-refractivity contribution in [1.82, 2.24) is 19.9 Å². The molecule has 0 fully saturated rings. The number of hydrogen-bond acceptors (Lipinski definition) is 6. The first-order valence-corrected chi connectivity index (χ1v) is 19.3. The molecular formula is C52H30N4O2. The van der Waals surface area contributed by atoms with Crippen LogP contribution in [0.4, 0.5) is 0 Å². The van der Waals surface area contributed by atoms with Crippen molar-refractivity contribution in [3.05, 3.63) is 182 Å². The van der Waals surface area contributed by atoms with Crippen molar-refractivity contribution in [3.8, 4) is 56.5 Å². The minimum absolute atomic E-state index is 0.526. The second kappa shape index (κ2) is 12.8. The lowest BCUT2D eigenvalue weighted by atomic mass is 9.95. The Morgan fingerprint density at radius 2 is 0.793 bits per heavy atom. The zero-order valence-electron chi connectivity index (χ0n) is 30.9. The van der Waals surface area contributed by atoms with Gasteiger partial charge in [0.2, 0.25) is 0 Å². The molecule has 0 amide bonds. The fourth-order valence-electron chi connectivity index (χ4n) is 8.48. The van der Waals surface area contributed by atoms with Crippen LogP contribution in [0.5, 0.6) is 0 Å². The second-order valence-corrected chi connectivity index (χ2v) is 14.5. The van der Waals surface area contributed by atoms with Gasteiger partial charge in [-0.15, -0.1) is 0 Å². The normalized spacial score (nSPS) is 11.8. The lowest BCUT2D eigenvalue weighted by molar-refractivity contribution is 0.668. The second-order valence-electron chi connectivity index (χ2n) is 14.5. The molecule has 8 aromatic carbocycles. The van der Waals surface area contributed by atoms with Gasteiger partial charge >= 0.3 is 0 Å². The molecule has 0 N–H and O–H groups in total. The summed E-state index contributed by atoms with van der Waals surface area (Å²) in [6, 6.07) is 62.0. The number of furan rings is 2. The van der Waals surface area contributed by atoms with Crippen molar-refractivity contribution in [1.29, 1.82) is 0 Å². The molecule has 6 nitrogen and oxygen atoms in total. The molecule has 0 atom stereocenters. The monoisotopic (exact) mass is 742 g/mol. The largest absolute Gasteiger partial charge is 0.456 e. The topological polar surface area (TPSA) is 77.8 Å². The quantitative estimate of drug-likeness (QED) is 0.163. The fourth-order valence-corrected chi connectivity index (χ4v) is 8.48. The van der Waals surface area contributed by atoms with Gasteiger partial charge in [-0.05, 0) is 47.5 Å². The molecule has 0 radical (unpaired) electrons. The van der Waals surface area contributed by atoms with Gasteiger partial charge in [-0.1, -0.05) is 146 Å². The van der Waals surface area contributed by atoms with E-state index in [9.17, 15) is 0 Å². The van der Waals surface area contributed by atoms with E-state index in [4.69, 9.17) is 28.8 Å². The van der Waals surface area contributed by atoms with Crippen LogP contribution in [0.15, 0.2) is 191 Å². The van der Waals surface area contributed by atoms with Crippen LogP contribution in [-0.2, 0) is 0 Å². The molecule has 12 aromatic rings. The van der Waals surface area contributed by atoms with Crippen LogP contribution in [0.1, 0.15) is 0 Å². The average Bonchev–Trinajstić information content (AvgIpc) is 3.88. The van der Waals surface area contributed by atoms with Gasteiger partial charge in [0.1, 0.15) is 22.3 Å². The zero-order valence-corrected chi connectivity index (χ0v) is 30.9. The number of hydrogen-bond donors (Lipinski definition) is 0. The highest BCUT2D eigenvalue weighted by Gasteiger charge is 2.22. The third-order valence-corrected chi connectivity index (χ3v) is 11.1. The predicted octanol–water partition coefficient (Wildman–Crippen LogP) is 13.7. The minimum atomic E-state index is 0.526. The smallest absolute Gasteiger partial charge is 0.166 e. The first-order valence-electron chi connectivity index (χ1n) is 19.3. The van der Waals surface area contributed by atoms with E-state index in [0.717, 1.165) is 105 Å². The predicted molar refractivity (Wildman–Crippen MR) is 234 cm³/mol. The van der Waals surface area contributed by atoms with Crippen molar-refractivity contribution in [3.63, 3.8) is 0 Å². The van der Waals surface area contributed by atoms with E-state index in [2.05, 4.69) is 127 Å². The van der Waals surface area contributed by atoms with Crippen molar-refractivity contribution < 1.29 is 8.83 Å². The summed E-state index contributed by atoms with van der Waals surface area (Å²) in [5.41, 5.74) is 10.8. The zero-order chi connectivity index (χ0) is 38.2. The van der Waals surface area contributed by atoms with Crippen LogP contribution >= 0.6 is 0 Å². The maximum atomic E-state index is 6.43. The van der Waals surface area contributed by atoms with E-state index >= 15 is 0 Å². The molecule has 0 saturated heterocycles. The Bertz CT molecular complexity index is 3560. The van der Waals surface area contributed by atoms with Gasteiger partial charge in [0.05, 0.1) is 11.2 Å². The molecule has 0 aliphatic rings. The Morgan fingerprint density at radius 1 is 0.276 bits per heavy atom. The molecule has 0 saturated carbocycles. The summed E-state index contributed by atoms with van der Waals surface area (Å²) in [6.45, 7) is 0. The molecule has 270 valence electrons. The van der Waals surface area contributed by atoms with E-state index < -0.39 is 0 Å². The Morgan fingerprint density at radius 3 is 1.53 bits per heavy atom. The number of fused-ring (bicyclic) bond motifs is 10. The van der Waals surface area contributed by atoms with Crippen molar-refractivity contribution in [2.75, 3.05) is 0 Å². The Labute approximate surface area is 331 Å². The lowest BCUT2D eigenvalue weighted by Crippen LogP contribution is -2.02. The van der Waals surface area contributed by atoms with Gasteiger partial charge in [0, 0.05) is 60.0 Å². The number of rotatable bonds is 5. The summed E-state index contributed by atoms with van der Waals surface area (Å²) in [5, 5.41) is 7.20. The maximum Gasteiger partial charge on any atom is 0.166 e. The summed E-state index contributed by atoms with van der Waals surface area (Å²) in [6.07, 6.45) is 0. The van der Waals surface area contributed by atoms with Gasteiger partial charge in [0.15, 0.2) is 17.5 Å².